The zero-order chi connectivity index (χ0) is 13.5. The Morgan fingerprint density at radius 3 is 2.21 bits per heavy atom. The number of anilines is 1. The summed E-state index contributed by atoms with van der Waals surface area (Å²) >= 11 is 0. The van der Waals surface area contributed by atoms with Crippen molar-refractivity contribution in [2.75, 3.05) is 25.0 Å². The molecule has 0 bridgehead atoms. The van der Waals surface area contributed by atoms with Gasteiger partial charge >= 0.3 is 0 Å². The first-order valence-corrected chi connectivity index (χ1v) is 6.54. The lowest BCUT2D eigenvalue weighted by atomic mass is 10.2. The summed E-state index contributed by atoms with van der Waals surface area (Å²) in [5, 5.41) is 0. The molecule has 2 aromatic rings. The van der Waals surface area contributed by atoms with E-state index >= 15 is 0 Å². The Balaban J connectivity index is 1.98. The fraction of sp³-hybridized carbons (Fsp3) is 0.250. The van der Waals surface area contributed by atoms with Crippen LogP contribution in [0.15, 0.2) is 54.6 Å². The summed E-state index contributed by atoms with van der Waals surface area (Å²) in [5.74, 6) is 1.70. The first-order chi connectivity index (χ1) is 9.29. The summed E-state index contributed by atoms with van der Waals surface area (Å²) in [7, 11) is 2.07. The second-order valence-electron chi connectivity index (χ2n) is 4.47. The first-order valence-electron chi connectivity index (χ1n) is 6.54. The second kappa shape index (κ2) is 6.81. The van der Waals surface area contributed by atoms with Crippen LogP contribution in [0, 0.1) is 0 Å². The predicted octanol–water partition coefficient (Wildman–Crippen LogP) is 3.26. The maximum atomic E-state index is 5.76. The van der Waals surface area contributed by atoms with Crippen molar-refractivity contribution in [2.24, 2.45) is 5.73 Å². The normalized spacial score (nSPS) is 10.2. The summed E-state index contributed by atoms with van der Waals surface area (Å²) < 4.78 is 5.76. The summed E-state index contributed by atoms with van der Waals surface area (Å²) in [5.41, 5.74) is 6.69. The highest BCUT2D eigenvalue weighted by atomic mass is 16.5. The van der Waals surface area contributed by atoms with Gasteiger partial charge in [0.25, 0.3) is 0 Å². The molecule has 2 rings (SSSR count). The minimum Gasteiger partial charge on any atom is -0.457 e. The van der Waals surface area contributed by atoms with E-state index in [9.17, 15) is 0 Å². The van der Waals surface area contributed by atoms with Crippen molar-refractivity contribution in [3.05, 3.63) is 54.6 Å². The van der Waals surface area contributed by atoms with Gasteiger partial charge in [-0.15, -0.1) is 0 Å². The van der Waals surface area contributed by atoms with Crippen LogP contribution < -0.4 is 15.4 Å². The highest BCUT2D eigenvalue weighted by molar-refractivity contribution is 5.49. The van der Waals surface area contributed by atoms with Crippen LogP contribution in [0.4, 0.5) is 5.69 Å². The zero-order valence-electron chi connectivity index (χ0n) is 11.3. The average Bonchev–Trinajstić information content (AvgIpc) is 2.46. The largest absolute Gasteiger partial charge is 0.457 e. The number of rotatable bonds is 6. The molecule has 0 aliphatic heterocycles. The molecule has 0 heterocycles. The molecule has 2 N–H and O–H groups in total. The Morgan fingerprint density at radius 1 is 0.947 bits per heavy atom. The summed E-state index contributed by atoms with van der Waals surface area (Å²) in [6.45, 7) is 1.69. The van der Waals surface area contributed by atoms with E-state index in [1.807, 2.05) is 42.5 Å². The van der Waals surface area contributed by atoms with E-state index in [2.05, 4.69) is 24.1 Å². The van der Waals surface area contributed by atoms with Crippen LogP contribution in [0.25, 0.3) is 0 Å². The van der Waals surface area contributed by atoms with Gasteiger partial charge in [0.05, 0.1) is 0 Å². The highest BCUT2D eigenvalue weighted by Crippen LogP contribution is 2.23. The number of hydrogen-bond acceptors (Lipinski definition) is 3. The van der Waals surface area contributed by atoms with Gasteiger partial charge in [-0.2, -0.15) is 0 Å². The van der Waals surface area contributed by atoms with Crippen molar-refractivity contribution in [1.82, 2.24) is 0 Å². The van der Waals surface area contributed by atoms with Crippen molar-refractivity contribution in [2.45, 2.75) is 6.42 Å². The molecule has 0 unspecified atom stereocenters. The lowest BCUT2D eigenvalue weighted by Crippen LogP contribution is -2.20. The van der Waals surface area contributed by atoms with Crippen molar-refractivity contribution >= 4 is 5.69 Å². The zero-order valence-corrected chi connectivity index (χ0v) is 11.3. The Labute approximate surface area is 114 Å². The van der Waals surface area contributed by atoms with Crippen molar-refractivity contribution in [3.63, 3.8) is 0 Å². The summed E-state index contributed by atoms with van der Waals surface area (Å²) in [4.78, 5) is 2.19. The molecular weight excluding hydrogens is 236 g/mol. The molecule has 0 fully saturated rings. The third-order valence-corrected chi connectivity index (χ3v) is 2.95. The van der Waals surface area contributed by atoms with Crippen LogP contribution in [0.3, 0.4) is 0 Å². The van der Waals surface area contributed by atoms with Gasteiger partial charge in [-0.25, -0.2) is 0 Å². The van der Waals surface area contributed by atoms with Crippen LogP contribution in [0.1, 0.15) is 6.42 Å². The third kappa shape index (κ3) is 4.00. The van der Waals surface area contributed by atoms with Gasteiger partial charge in [-0.1, -0.05) is 18.2 Å². The van der Waals surface area contributed by atoms with Crippen LogP contribution in [-0.2, 0) is 0 Å². The maximum absolute atomic E-state index is 5.76. The van der Waals surface area contributed by atoms with E-state index in [1.54, 1.807) is 0 Å². The van der Waals surface area contributed by atoms with Gasteiger partial charge in [0.15, 0.2) is 0 Å². The molecule has 100 valence electrons. The molecule has 0 aromatic heterocycles. The molecule has 0 saturated heterocycles. The van der Waals surface area contributed by atoms with Gasteiger partial charge in [0.2, 0.25) is 0 Å². The number of para-hydroxylation sites is 1. The Morgan fingerprint density at radius 2 is 1.58 bits per heavy atom. The molecule has 0 aliphatic carbocycles. The monoisotopic (exact) mass is 256 g/mol. The SMILES string of the molecule is CN(CCCN)c1ccc(Oc2ccccc2)cc1. The molecule has 3 heteroatoms. The molecule has 0 radical (unpaired) electrons. The minimum atomic E-state index is 0.722. The number of nitrogens with two attached hydrogens (primary N) is 1. The topological polar surface area (TPSA) is 38.5 Å². The van der Waals surface area contributed by atoms with Gasteiger partial charge in [-0.3, -0.25) is 0 Å². The van der Waals surface area contributed by atoms with Gasteiger partial charge < -0.3 is 15.4 Å². The Hall–Kier alpha value is -2.00. The first kappa shape index (κ1) is 13.4. The molecule has 0 spiro atoms. The lowest BCUT2D eigenvalue weighted by Gasteiger charge is -2.19. The van der Waals surface area contributed by atoms with Crippen molar-refractivity contribution < 1.29 is 4.74 Å². The molecule has 2 aromatic carbocycles. The van der Waals surface area contributed by atoms with Crippen LogP contribution in [-0.4, -0.2) is 20.1 Å². The third-order valence-electron chi connectivity index (χ3n) is 2.95. The highest BCUT2D eigenvalue weighted by Gasteiger charge is 2.01. The van der Waals surface area contributed by atoms with Gasteiger partial charge in [0, 0.05) is 19.3 Å². The molecule has 19 heavy (non-hydrogen) atoms. The number of benzene rings is 2. The number of nitrogens with zero attached hydrogens (tertiary/aromatic N) is 1. The number of hydrogen-bond donors (Lipinski definition) is 1. The quantitative estimate of drug-likeness (QED) is 0.862. The van der Waals surface area contributed by atoms with E-state index in [1.165, 1.54) is 5.69 Å². The summed E-state index contributed by atoms with van der Waals surface area (Å²) in [6, 6.07) is 17.9. The minimum absolute atomic E-state index is 0.722. The number of ether oxygens (including phenoxy) is 1. The maximum Gasteiger partial charge on any atom is 0.127 e. The van der Waals surface area contributed by atoms with Crippen LogP contribution in [0.5, 0.6) is 11.5 Å². The lowest BCUT2D eigenvalue weighted by molar-refractivity contribution is 0.482. The van der Waals surface area contributed by atoms with E-state index in [4.69, 9.17) is 10.5 Å². The average molecular weight is 256 g/mol. The molecule has 0 aliphatic rings. The molecule has 3 nitrogen and oxygen atoms in total. The van der Waals surface area contributed by atoms with E-state index in [0.717, 1.165) is 31.0 Å². The molecule has 0 amide bonds. The fourth-order valence-corrected chi connectivity index (χ4v) is 1.85. The van der Waals surface area contributed by atoms with Crippen molar-refractivity contribution in [1.29, 1.82) is 0 Å². The molecule has 0 saturated carbocycles. The summed E-state index contributed by atoms with van der Waals surface area (Å²) in [6.07, 6.45) is 0.999. The van der Waals surface area contributed by atoms with Crippen molar-refractivity contribution in [3.8, 4) is 11.5 Å². The van der Waals surface area contributed by atoms with E-state index in [0.29, 0.717) is 0 Å². The Kier molecular flexibility index (Phi) is 4.81. The predicted molar refractivity (Wildman–Crippen MR) is 79.9 cm³/mol. The van der Waals surface area contributed by atoms with Gasteiger partial charge in [-0.05, 0) is 49.4 Å². The standard InChI is InChI=1S/C16H20N2O/c1-18(13-5-12-17)14-8-10-16(11-9-14)19-15-6-3-2-4-7-15/h2-4,6-11H,5,12-13,17H2,1H3. The van der Waals surface area contributed by atoms with Crippen LogP contribution in [0.2, 0.25) is 0 Å². The van der Waals surface area contributed by atoms with Crippen LogP contribution >= 0.6 is 0 Å². The smallest absolute Gasteiger partial charge is 0.127 e. The van der Waals surface area contributed by atoms with Gasteiger partial charge in [0.1, 0.15) is 11.5 Å². The molecule has 0 atom stereocenters. The Bertz CT molecular complexity index is 482. The fourth-order valence-electron chi connectivity index (χ4n) is 1.85. The molecular formula is C16H20N2O. The van der Waals surface area contributed by atoms with E-state index in [-0.39, 0.29) is 0 Å². The van der Waals surface area contributed by atoms with E-state index < -0.39 is 0 Å². The second-order valence-corrected chi connectivity index (χ2v) is 4.47.